The van der Waals surface area contributed by atoms with Crippen LogP contribution in [0.3, 0.4) is 0 Å². The van der Waals surface area contributed by atoms with Crippen LogP contribution in [0.1, 0.15) is 22.8 Å². The molecule has 0 aliphatic carbocycles. The number of nitrogens with one attached hydrogen (secondary N) is 1. The Balaban J connectivity index is 1.69. The molecule has 1 amide bonds. The molecule has 1 N–H and O–H groups in total. The molecular weight excluding hydrogens is 397 g/mol. The summed E-state index contributed by atoms with van der Waals surface area (Å²) < 4.78 is 16.8. The first-order chi connectivity index (χ1) is 15.0. The fourth-order valence-electron chi connectivity index (χ4n) is 3.89. The van der Waals surface area contributed by atoms with Crippen LogP contribution in [-0.4, -0.2) is 53.6 Å². The maximum absolute atomic E-state index is 15.0. The van der Waals surface area contributed by atoms with E-state index in [0.29, 0.717) is 17.7 Å². The summed E-state index contributed by atoms with van der Waals surface area (Å²) in [5, 5.41) is 2.98. The largest absolute Gasteiger partial charge is 0.367 e. The maximum Gasteiger partial charge on any atom is 0.257 e. The number of piperazine rings is 1. The van der Waals surface area contributed by atoms with Gasteiger partial charge in [0, 0.05) is 63.2 Å². The molecule has 0 radical (unpaired) electrons. The van der Waals surface area contributed by atoms with Crippen LogP contribution in [0.2, 0.25) is 0 Å². The Hall–Kier alpha value is -3.26. The van der Waals surface area contributed by atoms with Crippen LogP contribution in [-0.2, 0) is 13.1 Å². The molecule has 1 saturated heterocycles. The minimum atomic E-state index is -0.477. The summed E-state index contributed by atoms with van der Waals surface area (Å²) in [4.78, 5) is 34.0. The quantitative estimate of drug-likeness (QED) is 0.682. The summed E-state index contributed by atoms with van der Waals surface area (Å²) in [6.07, 6.45) is 4.85. The molecule has 8 heteroatoms. The average Bonchev–Trinajstić information content (AvgIpc) is 2.79. The first-order valence-corrected chi connectivity index (χ1v) is 10.4. The Morgan fingerprint density at radius 1 is 1.16 bits per heavy atom. The topological polar surface area (TPSA) is 70.5 Å². The van der Waals surface area contributed by atoms with Crippen LogP contribution in [0.4, 0.5) is 10.1 Å². The SMILES string of the molecule is CCn1cc(C(=O)NCc2ccncc2)c(=O)c2cc(F)c(N3CCN(C)CC3)cc21. The molecule has 1 fully saturated rings. The van der Waals surface area contributed by atoms with Crippen molar-refractivity contribution in [3.05, 3.63) is 70.0 Å². The molecule has 0 spiro atoms. The fraction of sp³-hybridized carbons (Fsp3) is 0.348. The molecule has 3 heterocycles. The first kappa shape index (κ1) is 21.0. The van der Waals surface area contributed by atoms with Crippen molar-refractivity contribution in [2.75, 3.05) is 38.1 Å². The van der Waals surface area contributed by atoms with Gasteiger partial charge in [-0.25, -0.2) is 4.39 Å². The van der Waals surface area contributed by atoms with Gasteiger partial charge >= 0.3 is 0 Å². The summed E-state index contributed by atoms with van der Waals surface area (Å²) in [5.41, 5.74) is 1.55. The van der Waals surface area contributed by atoms with Crippen molar-refractivity contribution in [2.24, 2.45) is 0 Å². The molecule has 3 aromatic rings. The number of hydrogen-bond donors (Lipinski definition) is 1. The van der Waals surface area contributed by atoms with E-state index in [0.717, 1.165) is 31.7 Å². The van der Waals surface area contributed by atoms with Crippen molar-refractivity contribution in [3.8, 4) is 0 Å². The van der Waals surface area contributed by atoms with E-state index in [1.54, 1.807) is 36.8 Å². The van der Waals surface area contributed by atoms with Crippen molar-refractivity contribution in [1.82, 2.24) is 19.8 Å². The molecule has 1 aromatic carbocycles. The van der Waals surface area contributed by atoms with E-state index in [1.807, 2.05) is 23.4 Å². The van der Waals surface area contributed by atoms with Gasteiger partial charge < -0.3 is 19.7 Å². The number of carbonyl (C=O) groups is 1. The molecule has 7 nitrogen and oxygen atoms in total. The van der Waals surface area contributed by atoms with E-state index >= 15 is 4.39 Å². The van der Waals surface area contributed by atoms with Crippen molar-refractivity contribution >= 4 is 22.5 Å². The molecule has 0 saturated carbocycles. The predicted molar refractivity (Wildman–Crippen MR) is 119 cm³/mol. The van der Waals surface area contributed by atoms with Crippen molar-refractivity contribution in [2.45, 2.75) is 20.0 Å². The fourth-order valence-corrected chi connectivity index (χ4v) is 3.89. The number of benzene rings is 1. The van der Waals surface area contributed by atoms with Crippen molar-refractivity contribution < 1.29 is 9.18 Å². The van der Waals surface area contributed by atoms with E-state index in [9.17, 15) is 9.59 Å². The third-order valence-electron chi connectivity index (χ3n) is 5.78. The molecule has 0 bridgehead atoms. The minimum absolute atomic E-state index is 0.00940. The van der Waals surface area contributed by atoms with Crippen molar-refractivity contribution in [3.63, 3.8) is 0 Å². The van der Waals surface area contributed by atoms with E-state index in [1.165, 1.54) is 6.07 Å². The van der Waals surface area contributed by atoms with Gasteiger partial charge in [-0.05, 0) is 43.8 Å². The smallest absolute Gasteiger partial charge is 0.257 e. The van der Waals surface area contributed by atoms with Crippen LogP contribution in [0, 0.1) is 5.82 Å². The number of rotatable bonds is 5. The van der Waals surface area contributed by atoms with Gasteiger partial charge in [0.2, 0.25) is 5.43 Å². The van der Waals surface area contributed by atoms with Gasteiger partial charge in [0.25, 0.3) is 5.91 Å². The Bertz CT molecular complexity index is 1150. The number of amides is 1. The van der Waals surface area contributed by atoms with Gasteiger partial charge in [-0.2, -0.15) is 0 Å². The molecule has 4 rings (SSSR count). The second-order valence-electron chi connectivity index (χ2n) is 7.81. The number of nitrogens with zero attached hydrogens (tertiary/aromatic N) is 4. The number of halogens is 1. The number of aryl methyl sites for hydroxylation is 1. The lowest BCUT2D eigenvalue weighted by molar-refractivity contribution is 0.0949. The van der Waals surface area contributed by atoms with Crippen molar-refractivity contribution in [1.29, 1.82) is 0 Å². The monoisotopic (exact) mass is 423 g/mol. The number of aromatic nitrogens is 2. The summed E-state index contributed by atoms with van der Waals surface area (Å²) in [7, 11) is 2.05. The van der Waals surface area contributed by atoms with Crippen LogP contribution in [0.5, 0.6) is 0 Å². The maximum atomic E-state index is 15.0. The van der Waals surface area contributed by atoms with Gasteiger partial charge in [-0.3, -0.25) is 14.6 Å². The van der Waals surface area contributed by atoms with Gasteiger partial charge in [-0.1, -0.05) is 0 Å². The summed E-state index contributed by atoms with van der Waals surface area (Å²) >= 11 is 0. The third-order valence-corrected chi connectivity index (χ3v) is 5.78. The highest BCUT2D eigenvalue weighted by Gasteiger charge is 2.21. The van der Waals surface area contributed by atoms with Crippen LogP contribution in [0.25, 0.3) is 10.9 Å². The van der Waals surface area contributed by atoms with E-state index in [-0.39, 0.29) is 17.5 Å². The van der Waals surface area contributed by atoms with Gasteiger partial charge in [0.15, 0.2) is 0 Å². The molecule has 0 atom stereocenters. The minimum Gasteiger partial charge on any atom is -0.367 e. The highest BCUT2D eigenvalue weighted by atomic mass is 19.1. The first-order valence-electron chi connectivity index (χ1n) is 10.4. The lowest BCUT2D eigenvalue weighted by Crippen LogP contribution is -2.44. The van der Waals surface area contributed by atoms with Crippen LogP contribution >= 0.6 is 0 Å². The zero-order valence-electron chi connectivity index (χ0n) is 17.8. The zero-order chi connectivity index (χ0) is 22.0. The summed E-state index contributed by atoms with van der Waals surface area (Å²) in [6.45, 7) is 5.93. The highest BCUT2D eigenvalue weighted by molar-refractivity contribution is 5.97. The lowest BCUT2D eigenvalue weighted by atomic mass is 10.1. The van der Waals surface area contributed by atoms with Crippen LogP contribution in [0.15, 0.2) is 47.7 Å². The van der Waals surface area contributed by atoms with Crippen LogP contribution < -0.4 is 15.6 Å². The third kappa shape index (κ3) is 4.29. The second kappa shape index (κ2) is 8.85. The molecular formula is C23H26FN5O2. The van der Waals surface area contributed by atoms with Gasteiger partial charge in [0.1, 0.15) is 11.4 Å². The highest BCUT2D eigenvalue weighted by Crippen LogP contribution is 2.26. The van der Waals surface area contributed by atoms with Gasteiger partial charge in [0.05, 0.1) is 11.2 Å². The van der Waals surface area contributed by atoms with E-state index < -0.39 is 17.2 Å². The van der Waals surface area contributed by atoms with Gasteiger partial charge in [-0.15, -0.1) is 0 Å². The Morgan fingerprint density at radius 3 is 2.55 bits per heavy atom. The number of hydrogen-bond acceptors (Lipinski definition) is 5. The standard InChI is InChI=1S/C23H26FN5O2/c1-3-28-15-18(23(31)26-14-16-4-6-25-7-5-16)22(30)17-12-19(24)21(13-20(17)28)29-10-8-27(2)9-11-29/h4-7,12-13,15H,3,8-11,14H2,1-2H3,(H,26,31). The number of anilines is 1. The Kier molecular flexibility index (Phi) is 5.99. The molecule has 1 aliphatic rings. The molecule has 1 aliphatic heterocycles. The average molecular weight is 423 g/mol. The molecule has 162 valence electrons. The number of likely N-dealkylation sites (N-methyl/N-ethyl adjacent to an activating group) is 1. The number of fused-ring (bicyclic) bond motifs is 1. The zero-order valence-corrected chi connectivity index (χ0v) is 17.8. The predicted octanol–water partition coefficient (Wildman–Crippen LogP) is 2.24. The normalized spacial score (nSPS) is 14.7. The summed E-state index contributed by atoms with van der Waals surface area (Å²) in [6, 6.07) is 6.59. The van der Waals surface area contributed by atoms with E-state index in [2.05, 4.69) is 15.2 Å². The summed E-state index contributed by atoms with van der Waals surface area (Å²) in [5.74, 6) is -0.916. The van der Waals surface area contributed by atoms with E-state index in [4.69, 9.17) is 0 Å². The molecule has 31 heavy (non-hydrogen) atoms. The lowest BCUT2D eigenvalue weighted by Gasteiger charge is -2.34. The second-order valence-corrected chi connectivity index (χ2v) is 7.81. The molecule has 2 aromatic heterocycles. The number of pyridine rings is 2. The molecule has 0 unspecified atom stereocenters. The Labute approximate surface area is 180 Å². The Morgan fingerprint density at radius 2 is 1.87 bits per heavy atom. The number of carbonyl (C=O) groups excluding carboxylic acids is 1.